The maximum Gasteiger partial charge on any atom is 0.407 e. The number of aromatic nitrogens is 1. The number of nitrogens with one attached hydrogen (secondary N) is 1. The van der Waals surface area contributed by atoms with Gasteiger partial charge in [0, 0.05) is 6.04 Å². The summed E-state index contributed by atoms with van der Waals surface area (Å²) < 4.78 is 11.2. The van der Waals surface area contributed by atoms with Crippen molar-refractivity contribution in [2.45, 2.75) is 84.0 Å². The van der Waals surface area contributed by atoms with Crippen molar-refractivity contribution in [2.24, 2.45) is 0 Å². The van der Waals surface area contributed by atoms with Crippen molar-refractivity contribution in [2.75, 3.05) is 0 Å². The molecule has 1 fully saturated rings. The number of alkyl carbamates (subject to hydrolysis) is 1. The van der Waals surface area contributed by atoms with Crippen LogP contribution in [0.15, 0.2) is 0 Å². The van der Waals surface area contributed by atoms with Gasteiger partial charge in [0.05, 0.1) is 5.01 Å². The van der Waals surface area contributed by atoms with E-state index in [9.17, 15) is 14.7 Å². The second-order valence-corrected chi connectivity index (χ2v) is 8.82. The van der Waals surface area contributed by atoms with E-state index in [0.29, 0.717) is 5.01 Å². The van der Waals surface area contributed by atoms with Crippen LogP contribution in [0.4, 0.5) is 4.79 Å². The molecule has 0 radical (unpaired) electrons. The van der Waals surface area contributed by atoms with E-state index in [1.54, 1.807) is 6.92 Å². The van der Waals surface area contributed by atoms with Gasteiger partial charge in [0.25, 0.3) is 0 Å². The van der Waals surface area contributed by atoms with Crippen LogP contribution in [0.2, 0.25) is 0 Å². The van der Waals surface area contributed by atoms with Crippen LogP contribution in [-0.4, -0.2) is 39.9 Å². The first-order valence-corrected chi connectivity index (χ1v) is 9.82. The Morgan fingerprint density at radius 1 is 1.19 bits per heavy atom. The highest BCUT2D eigenvalue weighted by Crippen LogP contribution is 2.28. The summed E-state index contributed by atoms with van der Waals surface area (Å²) in [5.41, 5.74) is -0.502. The van der Waals surface area contributed by atoms with Crippen molar-refractivity contribution >= 4 is 23.4 Å². The zero-order valence-electron chi connectivity index (χ0n) is 15.8. The maximum atomic E-state index is 11.9. The van der Waals surface area contributed by atoms with E-state index >= 15 is 0 Å². The molecule has 0 aromatic carbocycles. The van der Waals surface area contributed by atoms with Crippen molar-refractivity contribution in [3.05, 3.63) is 9.88 Å². The third-order valence-electron chi connectivity index (χ3n) is 4.05. The van der Waals surface area contributed by atoms with E-state index in [4.69, 9.17) is 9.47 Å². The number of carboxylic acids is 1. The molecule has 1 saturated carbocycles. The Kier molecular flexibility index (Phi) is 6.86. The van der Waals surface area contributed by atoms with Gasteiger partial charge in [-0.15, -0.1) is 11.3 Å². The number of aromatic carboxylic acids is 1. The van der Waals surface area contributed by atoms with Crippen molar-refractivity contribution in [1.82, 2.24) is 10.3 Å². The first-order valence-electron chi connectivity index (χ1n) is 9.01. The molecule has 2 rings (SSSR count). The Morgan fingerprint density at radius 2 is 1.81 bits per heavy atom. The minimum atomic E-state index is -1.00. The SMILES string of the molecule is Cc1nc(OC2CCCC(NC(=O)OC(C)(C)C)CCC2)c(C(=O)O)s1. The lowest BCUT2D eigenvalue weighted by molar-refractivity contribution is 0.0492. The first kappa shape index (κ1) is 20.5. The number of aryl methyl sites for hydroxylation is 1. The van der Waals surface area contributed by atoms with Crippen LogP contribution in [0.5, 0.6) is 5.88 Å². The quantitative estimate of drug-likeness (QED) is 0.809. The molecule has 0 spiro atoms. The van der Waals surface area contributed by atoms with Gasteiger partial charge in [0.2, 0.25) is 5.88 Å². The first-order chi connectivity index (χ1) is 12.1. The van der Waals surface area contributed by atoms with Crippen molar-refractivity contribution < 1.29 is 24.2 Å². The van der Waals surface area contributed by atoms with Gasteiger partial charge < -0.3 is 19.9 Å². The van der Waals surface area contributed by atoms with Gasteiger partial charge >= 0.3 is 12.1 Å². The molecule has 1 aliphatic rings. The predicted octanol–water partition coefficient (Wildman–Crippen LogP) is 4.14. The molecule has 0 aliphatic heterocycles. The minimum absolute atomic E-state index is 0.0444. The van der Waals surface area contributed by atoms with Gasteiger partial charge in [-0.3, -0.25) is 0 Å². The highest BCUT2D eigenvalue weighted by molar-refractivity contribution is 7.13. The van der Waals surface area contributed by atoms with Crippen molar-refractivity contribution in [1.29, 1.82) is 0 Å². The number of amides is 1. The Hall–Kier alpha value is -1.83. The molecule has 0 bridgehead atoms. The zero-order chi connectivity index (χ0) is 19.3. The van der Waals surface area contributed by atoms with Gasteiger partial charge in [-0.25, -0.2) is 14.6 Å². The highest BCUT2D eigenvalue weighted by atomic mass is 32.1. The maximum absolute atomic E-state index is 11.9. The van der Waals surface area contributed by atoms with Crippen LogP contribution in [0.3, 0.4) is 0 Å². The monoisotopic (exact) mass is 384 g/mol. The average Bonchev–Trinajstić information content (AvgIpc) is 2.83. The van der Waals surface area contributed by atoms with Crippen molar-refractivity contribution in [3.63, 3.8) is 0 Å². The second-order valence-electron chi connectivity index (χ2n) is 7.62. The van der Waals surface area contributed by atoms with Gasteiger partial charge in [0.15, 0.2) is 4.88 Å². The topological polar surface area (TPSA) is 97.8 Å². The van der Waals surface area contributed by atoms with E-state index in [0.717, 1.165) is 49.9 Å². The van der Waals surface area contributed by atoms with Gasteiger partial charge in [-0.2, -0.15) is 0 Å². The van der Waals surface area contributed by atoms with Gasteiger partial charge in [-0.05, 0) is 66.2 Å². The van der Waals surface area contributed by atoms with Crippen molar-refractivity contribution in [3.8, 4) is 5.88 Å². The number of hydrogen-bond donors (Lipinski definition) is 2. The Labute approximate surface area is 158 Å². The Morgan fingerprint density at radius 3 is 2.35 bits per heavy atom. The summed E-state index contributed by atoms with van der Waals surface area (Å²) in [4.78, 5) is 27.6. The number of ether oxygens (including phenoxy) is 2. The lowest BCUT2D eigenvalue weighted by atomic mass is 9.95. The van der Waals surface area contributed by atoms with E-state index in [1.807, 2.05) is 20.8 Å². The number of nitrogens with zero attached hydrogens (tertiary/aromatic N) is 1. The molecule has 146 valence electrons. The molecule has 1 aromatic rings. The predicted molar refractivity (Wildman–Crippen MR) is 99.1 cm³/mol. The molecule has 1 amide bonds. The molecule has 2 N–H and O–H groups in total. The Bertz CT molecular complexity index is 628. The summed E-state index contributed by atoms with van der Waals surface area (Å²) in [6, 6.07) is 0.0990. The second kappa shape index (κ2) is 8.70. The molecule has 1 aromatic heterocycles. The summed E-state index contributed by atoms with van der Waals surface area (Å²) >= 11 is 1.13. The van der Waals surface area contributed by atoms with Gasteiger partial charge in [0.1, 0.15) is 11.7 Å². The molecule has 0 saturated heterocycles. The summed E-state index contributed by atoms with van der Waals surface area (Å²) in [5.74, 6) is -0.771. The van der Waals surface area contributed by atoms with Gasteiger partial charge in [-0.1, -0.05) is 0 Å². The fourth-order valence-corrected chi connectivity index (χ4v) is 3.68. The number of thiazole rings is 1. The smallest absolute Gasteiger partial charge is 0.407 e. The number of hydrogen-bond acceptors (Lipinski definition) is 6. The number of carboxylic acid groups (broad SMARTS) is 1. The normalized spacial score (nSPS) is 21.4. The molecule has 8 heteroatoms. The van der Waals surface area contributed by atoms with E-state index < -0.39 is 11.6 Å². The number of carbonyl (C=O) groups is 2. The zero-order valence-corrected chi connectivity index (χ0v) is 16.6. The van der Waals surface area contributed by atoms with Crippen LogP contribution in [0, 0.1) is 6.92 Å². The molecule has 0 atom stereocenters. The molecule has 1 aliphatic carbocycles. The standard InChI is InChI=1S/C18H28N2O5S/c1-11-19-15(14(26-11)16(21)22)24-13-9-5-7-12(8-6-10-13)20-17(23)25-18(2,3)4/h12-13H,5-10H2,1-4H3,(H,20,23)(H,21,22). The molecule has 1 heterocycles. The summed E-state index contributed by atoms with van der Waals surface area (Å²) in [5, 5.41) is 12.9. The third-order valence-corrected chi connectivity index (χ3v) is 4.99. The molecule has 0 unspecified atom stereocenters. The fourth-order valence-electron chi connectivity index (χ4n) is 2.99. The van der Waals surface area contributed by atoms with Crippen LogP contribution < -0.4 is 10.1 Å². The lowest BCUT2D eigenvalue weighted by Crippen LogP contribution is -2.40. The van der Waals surface area contributed by atoms with Crippen LogP contribution in [-0.2, 0) is 4.74 Å². The largest absolute Gasteiger partial charge is 0.477 e. The molecule has 7 nitrogen and oxygen atoms in total. The summed E-state index contributed by atoms with van der Waals surface area (Å²) in [6.45, 7) is 7.31. The van der Waals surface area contributed by atoms with Crippen LogP contribution in [0.25, 0.3) is 0 Å². The van der Waals surface area contributed by atoms with Crippen LogP contribution in [0.1, 0.15) is 74.0 Å². The summed E-state index contributed by atoms with van der Waals surface area (Å²) in [6.07, 6.45) is 4.66. The number of carbonyl (C=O) groups excluding carboxylic acids is 1. The highest BCUT2D eigenvalue weighted by Gasteiger charge is 2.24. The third kappa shape index (κ3) is 6.48. The number of rotatable bonds is 4. The fraction of sp³-hybridized carbons (Fsp3) is 0.722. The Balaban J connectivity index is 1.85. The van der Waals surface area contributed by atoms with E-state index in [-0.39, 0.29) is 29.0 Å². The van der Waals surface area contributed by atoms with E-state index in [1.165, 1.54) is 0 Å². The average molecular weight is 384 g/mol. The van der Waals surface area contributed by atoms with Crippen LogP contribution >= 0.6 is 11.3 Å². The summed E-state index contributed by atoms with van der Waals surface area (Å²) in [7, 11) is 0. The molecular formula is C18H28N2O5S. The van der Waals surface area contributed by atoms with E-state index in [2.05, 4.69) is 10.3 Å². The minimum Gasteiger partial charge on any atom is -0.477 e. The molecule has 26 heavy (non-hydrogen) atoms. The molecular weight excluding hydrogens is 356 g/mol. The lowest BCUT2D eigenvalue weighted by Gasteiger charge is -2.27.